The lowest BCUT2D eigenvalue weighted by Gasteiger charge is -2.10. The maximum Gasteiger partial charge on any atom is 0.145 e. The summed E-state index contributed by atoms with van der Waals surface area (Å²) >= 11 is 5.15. The topological polar surface area (TPSA) is 75.9 Å². The Morgan fingerprint density at radius 1 is 1.32 bits per heavy atom. The van der Waals surface area contributed by atoms with E-state index >= 15 is 0 Å². The summed E-state index contributed by atoms with van der Waals surface area (Å²) in [5, 5.41) is 3.29. The molecule has 0 atom stereocenters. The molecule has 0 saturated heterocycles. The second-order valence-corrected chi connectivity index (χ2v) is 6.90. The first-order valence-corrected chi connectivity index (χ1v) is 7.53. The standard InChI is InChI=1S/C12H16BrN5S/c1-7(2)12-16-10(5-11(17-12)18-14)15-6-8-3-4-9(13)19-8/h3-5,7H,6,14H2,1-2H3,(H2,15,16,17,18). The van der Waals surface area contributed by atoms with Gasteiger partial charge in [-0.05, 0) is 28.1 Å². The van der Waals surface area contributed by atoms with Gasteiger partial charge in [0.05, 0.1) is 10.3 Å². The molecule has 0 aliphatic carbocycles. The molecule has 2 rings (SSSR count). The van der Waals surface area contributed by atoms with Gasteiger partial charge in [0.1, 0.15) is 17.5 Å². The molecule has 0 radical (unpaired) electrons. The highest BCUT2D eigenvalue weighted by molar-refractivity contribution is 9.11. The number of nitrogens with zero attached hydrogens (tertiary/aromatic N) is 2. The van der Waals surface area contributed by atoms with Gasteiger partial charge in [-0.3, -0.25) is 0 Å². The minimum Gasteiger partial charge on any atom is -0.365 e. The van der Waals surface area contributed by atoms with Gasteiger partial charge in [-0.2, -0.15) is 0 Å². The lowest BCUT2D eigenvalue weighted by Crippen LogP contribution is -2.12. The van der Waals surface area contributed by atoms with Gasteiger partial charge in [0.15, 0.2) is 0 Å². The largest absolute Gasteiger partial charge is 0.365 e. The number of anilines is 2. The van der Waals surface area contributed by atoms with Crippen molar-refractivity contribution in [3.05, 3.63) is 32.7 Å². The number of rotatable bonds is 5. The average Bonchev–Trinajstić information content (AvgIpc) is 2.81. The molecule has 19 heavy (non-hydrogen) atoms. The van der Waals surface area contributed by atoms with Crippen LogP contribution in [0, 0.1) is 0 Å². The van der Waals surface area contributed by atoms with E-state index in [1.54, 1.807) is 17.4 Å². The minimum atomic E-state index is 0.254. The van der Waals surface area contributed by atoms with Crippen molar-refractivity contribution in [1.82, 2.24) is 9.97 Å². The molecule has 0 aromatic carbocycles. The number of nitrogen functional groups attached to an aromatic ring is 1. The third-order valence-corrected chi connectivity index (χ3v) is 4.10. The van der Waals surface area contributed by atoms with Gasteiger partial charge in [0.2, 0.25) is 0 Å². The number of thiophene rings is 1. The van der Waals surface area contributed by atoms with Crippen molar-refractivity contribution in [2.45, 2.75) is 26.3 Å². The van der Waals surface area contributed by atoms with Crippen LogP contribution in [-0.2, 0) is 6.54 Å². The van der Waals surface area contributed by atoms with E-state index in [1.165, 1.54) is 4.88 Å². The number of hydrogen-bond acceptors (Lipinski definition) is 6. The Kier molecular flexibility index (Phi) is 4.73. The first kappa shape index (κ1) is 14.2. The van der Waals surface area contributed by atoms with Gasteiger partial charge in [-0.1, -0.05) is 13.8 Å². The Labute approximate surface area is 124 Å². The highest BCUT2D eigenvalue weighted by Crippen LogP contribution is 2.23. The predicted octanol–water partition coefficient (Wildman–Crippen LogP) is 3.32. The fraction of sp³-hybridized carbons (Fsp3) is 0.333. The van der Waals surface area contributed by atoms with Gasteiger partial charge >= 0.3 is 0 Å². The molecular weight excluding hydrogens is 326 g/mol. The summed E-state index contributed by atoms with van der Waals surface area (Å²) in [7, 11) is 0. The smallest absolute Gasteiger partial charge is 0.145 e. The summed E-state index contributed by atoms with van der Waals surface area (Å²) < 4.78 is 1.12. The van der Waals surface area contributed by atoms with Crippen molar-refractivity contribution in [2.24, 2.45) is 5.84 Å². The van der Waals surface area contributed by atoms with Crippen LogP contribution < -0.4 is 16.6 Å². The number of aromatic nitrogens is 2. The molecule has 5 nitrogen and oxygen atoms in total. The van der Waals surface area contributed by atoms with Gasteiger partial charge < -0.3 is 10.7 Å². The third kappa shape index (κ3) is 3.89. The molecule has 0 aliphatic heterocycles. The van der Waals surface area contributed by atoms with E-state index in [0.29, 0.717) is 5.82 Å². The maximum absolute atomic E-state index is 5.43. The van der Waals surface area contributed by atoms with Crippen molar-refractivity contribution in [2.75, 3.05) is 10.7 Å². The van der Waals surface area contributed by atoms with Crippen LogP contribution >= 0.6 is 27.3 Å². The van der Waals surface area contributed by atoms with Gasteiger partial charge in [0.25, 0.3) is 0 Å². The molecule has 0 amide bonds. The summed E-state index contributed by atoms with van der Waals surface area (Å²) in [6.07, 6.45) is 0. The maximum atomic E-state index is 5.43. The Hall–Kier alpha value is -1.18. The predicted molar refractivity (Wildman–Crippen MR) is 83.3 cm³/mol. The molecule has 0 fully saturated rings. The minimum absolute atomic E-state index is 0.254. The normalized spacial score (nSPS) is 10.8. The molecule has 102 valence electrons. The third-order valence-electron chi connectivity index (χ3n) is 2.48. The highest BCUT2D eigenvalue weighted by Gasteiger charge is 2.07. The van der Waals surface area contributed by atoms with Gasteiger partial charge in [-0.25, -0.2) is 15.8 Å². The second-order valence-electron chi connectivity index (χ2n) is 4.36. The monoisotopic (exact) mass is 341 g/mol. The SMILES string of the molecule is CC(C)c1nc(NN)cc(NCc2ccc(Br)s2)n1. The van der Waals surface area contributed by atoms with Crippen molar-refractivity contribution in [3.63, 3.8) is 0 Å². The summed E-state index contributed by atoms with van der Waals surface area (Å²) in [5.74, 6) is 7.84. The molecule has 0 aliphatic rings. The number of nitrogens with two attached hydrogens (primary N) is 1. The van der Waals surface area contributed by atoms with Crippen LogP contribution in [-0.4, -0.2) is 9.97 Å². The molecule has 0 bridgehead atoms. The van der Waals surface area contributed by atoms with E-state index in [-0.39, 0.29) is 5.92 Å². The van der Waals surface area contributed by atoms with Gasteiger partial charge in [0, 0.05) is 16.9 Å². The summed E-state index contributed by atoms with van der Waals surface area (Å²) in [5.41, 5.74) is 2.57. The zero-order valence-electron chi connectivity index (χ0n) is 10.8. The Balaban J connectivity index is 2.12. The quantitative estimate of drug-likeness (QED) is 0.574. The van der Waals surface area contributed by atoms with E-state index in [0.717, 1.165) is 22.0 Å². The molecule has 4 N–H and O–H groups in total. The zero-order valence-corrected chi connectivity index (χ0v) is 13.2. The van der Waals surface area contributed by atoms with Crippen LogP contribution in [0.2, 0.25) is 0 Å². The van der Waals surface area contributed by atoms with Crippen molar-refractivity contribution < 1.29 is 0 Å². The molecule has 2 aromatic heterocycles. The second kappa shape index (κ2) is 6.31. The number of hydrogen-bond donors (Lipinski definition) is 3. The van der Waals surface area contributed by atoms with E-state index < -0.39 is 0 Å². The van der Waals surface area contributed by atoms with E-state index in [1.807, 2.05) is 6.07 Å². The molecule has 7 heteroatoms. The highest BCUT2D eigenvalue weighted by atomic mass is 79.9. The Morgan fingerprint density at radius 3 is 2.63 bits per heavy atom. The average molecular weight is 342 g/mol. The van der Waals surface area contributed by atoms with Crippen molar-refractivity contribution in [1.29, 1.82) is 0 Å². The fourth-order valence-corrected chi connectivity index (χ4v) is 2.94. The van der Waals surface area contributed by atoms with Crippen LogP contribution in [0.5, 0.6) is 0 Å². The van der Waals surface area contributed by atoms with E-state index in [4.69, 9.17) is 5.84 Å². The zero-order chi connectivity index (χ0) is 13.8. The van der Waals surface area contributed by atoms with Crippen molar-refractivity contribution in [3.8, 4) is 0 Å². The van der Waals surface area contributed by atoms with E-state index in [9.17, 15) is 0 Å². The van der Waals surface area contributed by atoms with Gasteiger partial charge in [-0.15, -0.1) is 11.3 Å². The van der Waals surface area contributed by atoms with Crippen LogP contribution in [0.3, 0.4) is 0 Å². The molecular formula is C12H16BrN5S. The number of nitrogens with one attached hydrogen (secondary N) is 2. The van der Waals surface area contributed by atoms with Crippen LogP contribution in [0.1, 0.15) is 30.5 Å². The summed E-state index contributed by atoms with van der Waals surface area (Å²) in [6.45, 7) is 4.83. The number of halogens is 1. The molecule has 0 spiro atoms. The molecule has 2 heterocycles. The lowest BCUT2D eigenvalue weighted by atomic mass is 10.2. The first-order chi connectivity index (χ1) is 9.08. The Morgan fingerprint density at radius 2 is 2.05 bits per heavy atom. The fourth-order valence-electron chi connectivity index (χ4n) is 1.51. The molecule has 0 saturated carbocycles. The van der Waals surface area contributed by atoms with Crippen molar-refractivity contribution >= 4 is 38.9 Å². The summed E-state index contributed by atoms with van der Waals surface area (Å²) in [4.78, 5) is 10.0. The first-order valence-electron chi connectivity index (χ1n) is 5.92. The van der Waals surface area contributed by atoms with Crippen LogP contribution in [0.4, 0.5) is 11.6 Å². The lowest BCUT2D eigenvalue weighted by molar-refractivity contribution is 0.775. The molecule has 0 unspecified atom stereocenters. The molecule has 2 aromatic rings. The number of hydrazine groups is 1. The van der Waals surface area contributed by atoms with Crippen LogP contribution in [0.15, 0.2) is 22.0 Å². The summed E-state index contributed by atoms with van der Waals surface area (Å²) in [6, 6.07) is 5.91. The van der Waals surface area contributed by atoms with Crippen LogP contribution in [0.25, 0.3) is 0 Å². The Bertz CT molecular complexity index is 555. The van der Waals surface area contributed by atoms with E-state index in [2.05, 4.69) is 56.6 Å².